The van der Waals surface area contributed by atoms with Gasteiger partial charge in [-0.05, 0) is 25.0 Å². The lowest BCUT2D eigenvalue weighted by Gasteiger charge is -2.09. The Morgan fingerprint density at radius 2 is 2.20 bits per heavy atom. The van der Waals surface area contributed by atoms with E-state index < -0.39 is 0 Å². The van der Waals surface area contributed by atoms with Crippen LogP contribution in [0, 0.1) is 0 Å². The van der Waals surface area contributed by atoms with Gasteiger partial charge in [-0.3, -0.25) is 4.98 Å². The van der Waals surface area contributed by atoms with Gasteiger partial charge in [0.2, 0.25) is 0 Å². The van der Waals surface area contributed by atoms with Gasteiger partial charge in [0.25, 0.3) is 0 Å². The largest absolute Gasteiger partial charge is 0.505 e. The van der Waals surface area contributed by atoms with E-state index in [1.807, 2.05) is 31.2 Å². The minimum Gasteiger partial charge on any atom is -0.505 e. The normalized spacial score (nSPS) is 12.9. The summed E-state index contributed by atoms with van der Waals surface area (Å²) in [6.45, 7) is 1.92. The summed E-state index contributed by atoms with van der Waals surface area (Å²) >= 11 is 0. The second-order valence-corrected chi connectivity index (χ2v) is 3.83. The number of nitrogens with zero attached hydrogens (tertiary/aromatic N) is 1. The van der Waals surface area contributed by atoms with Crippen molar-refractivity contribution in [3.05, 3.63) is 36.0 Å². The molecule has 0 aliphatic carbocycles. The molecule has 0 aliphatic rings. The maximum absolute atomic E-state index is 9.98. The number of fused-ring (bicyclic) bond motifs is 1. The number of pyridine rings is 1. The molecule has 2 rings (SSSR count). The number of nitrogens with two attached hydrogens (primary N) is 1. The third-order valence-corrected chi connectivity index (χ3v) is 2.37. The van der Waals surface area contributed by atoms with Gasteiger partial charge < -0.3 is 10.8 Å². The molecule has 1 aromatic heterocycles. The molecule has 3 nitrogen and oxygen atoms in total. The molecule has 0 aliphatic heterocycles. The minimum absolute atomic E-state index is 0.0389. The Kier molecular flexibility index (Phi) is 2.56. The van der Waals surface area contributed by atoms with Crippen LogP contribution in [0.2, 0.25) is 0 Å². The topological polar surface area (TPSA) is 59.1 Å². The highest BCUT2D eigenvalue weighted by Gasteiger charge is 2.08. The highest BCUT2D eigenvalue weighted by Crippen LogP contribution is 2.27. The lowest BCUT2D eigenvalue weighted by molar-refractivity contribution is 0.471. The van der Waals surface area contributed by atoms with Crippen molar-refractivity contribution in [3.63, 3.8) is 0 Å². The van der Waals surface area contributed by atoms with Gasteiger partial charge in [-0.1, -0.05) is 18.2 Å². The monoisotopic (exact) mass is 202 g/mol. The van der Waals surface area contributed by atoms with Crippen LogP contribution in [0.3, 0.4) is 0 Å². The van der Waals surface area contributed by atoms with E-state index in [0.29, 0.717) is 11.9 Å². The lowest BCUT2D eigenvalue weighted by Crippen LogP contribution is -2.17. The number of phenolic OH excluding ortho intramolecular Hbond substituents is 1. The fourth-order valence-corrected chi connectivity index (χ4v) is 1.68. The Labute approximate surface area is 88.6 Å². The molecule has 0 fully saturated rings. The fourth-order valence-electron chi connectivity index (χ4n) is 1.68. The van der Waals surface area contributed by atoms with E-state index in [-0.39, 0.29) is 11.8 Å². The maximum Gasteiger partial charge on any atom is 0.145 e. The Balaban J connectivity index is 2.55. The van der Waals surface area contributed by atoms with Gasteiger partial charge in [0.1, 0.15) is 11.3 Å². The Bertz CT molecular complexity index is 480. The van der Waals surface area contributed by atoms with Crippen molar-refractivity contribution in [2.75, 3.05) is 0 Å². The van der Waals surface area contributed by atoms with Crippen LogP contribution in [-0.2, 0) is 6.42 Å². The molecular weight excluding hydrogens is 188 g/mol. The molecule has 2 aromatic rings. The summed E-state index contributed by atoms with van der Waals surface area (Å²) in [6.07, 6.45) is 2.34. The molecule has 78 valence electrons. The van der Waals surface area contributed by atoms with E-state index in [9.17, 15) is 5.11 Å². The van der Waals surface area contributed by atoms with E-state index >= 15 is 0 Å². The molecule has 1 unspecified atom stereocenters. The molecule has 1 atom stereocenters. The van der Waals surface area contributed by atoms with E-state index in [1.54, 1.807) is 6.20 Å². The average molecular weight is 202 g/mol. The quantitative estimate of drug-likeness (QED) is 0.781. The maximum atomic E-state index is 9.98. The Morgan fingerprint density at radius 1 is 1.40 bits per heavy atom. The van der Waals surface area contributed by atoms with E-state index in [4.69, 9.17) is 5.73 Å². The molecule has 0 radical (unpaired) electrons. The first-order chi connectivity index (χ1) is 7.18. The van der Waals surface area contributed by atoms with Crippen molar-refractivity contribution in [2.45, 2.75) is 19.4 Å². The zero-order valence-electron chi connectivity index (χ0n) is 8.64. The van der Waals surface area contributed by atoms with Gasteiger partial charge in [-0.2, -0.15) is 0 Å². The molecule has 0 saturated carbocycles. The van der Waals surface area contributed by atoms with Crippen LogP contribution in [0.25, 0.3) is 10.9 Å². The average Bonchev–Trinajstić information content (AvgIpc) is 2.22. The Hall–Kier alpha value is -1.61. The zero-order valence-corrected chi connectivity index (χ0v) is 8.64. The number of hydrogen-bond acceptors (Lipinski definition) is 3. The summed E-state index contributed by atoms with van der Waals surface area (Å²) in [5, 5.41) is 10.9. The third kappa shape index (κ3) is 1.92. The van der Waals surface area contributed by atoms with E-state index in [0.717, 1.165) is 10.9 Å². The first kappa shape index (κ1) is 9.93. The fraction of sp³-hybridized carbons (Fsp3) is 0.250. The summed E-state index contributed by atoms with van der Waals surface area (Å²) in [6, 6.07) is 7.68. The number of hydrogen-bond donors (Lipinski definition) is 2. The van der Waals surface area contributed by atoms with Crippen LogP contribution in [0.5, 0.6) is 5.75 Å². The van der Waals surface area contributed by atoms with Crippen LogP contribution < -0.4 is 5.73 Å². The highest BCUT2D eigenvalue weighted by molar-refractivity contribution is 5.85. The standard InChI is InChI=1S/C12H14N2O/c1-8(13)7-10-5-4-9-3-2-6-14-11(9)12(10)15/h2-6,8,15H,7,13H2,1H3. The molecule has 0 amide bonds. The van der Waals surface area contributed by atoms with Crippen molar-refractivity contribution in [2.24, 2.45) is 5.73 Å². The number of aromatic hydroxyl groups is 1. The highest BCUT2D eigenvalue weighted by atomic mass is 16.3. The number of rotatable bonds is 2. The summed E-state index contributed by atoms with van der Waals surface area (Å²) in [7, 11) is 0. The van der Waals surface area contributed by atoms with Crippen molar-refractivity contribution in [1.82, 2.24) is 4.98 Å². The molecule has 1 aromatic carbocycles. The summed E-state index contributed by atoms with van der Waals surface area (Å²) < 4.78 is 0. The lowest BCUT2D eigenvalue weighted by atomic mass is 10.0. The van der Waals surface area contributed by atoms with Crippen LogP contribution in [0.1, 0.15) is 12.5 Å². The second-order valence-electron chi connectivity index (χ2n) is 3.83. The van der Waals surface area contributed by atoms with Crippen molar-refractivity contribution in [1.29, 1.82) is 0 Å². The number of phenols is 1. The predicted octanol–water partition coefficient (Wildman–Crippen LogP) is 1.83. The van der Waals surface area contributed by atoms with Crippen molar-refractivity contribution in [3.8, 4) is 5.75 Å². The second kappa shape index (κ2) is 3.87. The van der Waals surface area contributed by atoms with Gasteiger partial charge in [0, 0.05) is 17.6 Å². The molecule has 3 heteroatoms. The van der Waals surface area contributed by atoms with Gasteiger partial charge >= 0.3 is 0 Å². The number of benzene rings is 1. The molecule has 0 bridgehead atoms. The first-order valence-corrected chi connectivity index (χ1v) is 4.99. The predicted molar refractivity (Wildman–Crippen MR) is 60.8 cm³/mol. The molecule has 0 saturated heterocycles. The van der Waals surface area contributed by atoms with E-state index in [1.165, 1.54) is 0 Å². The van der Waals surface area contributed by atoms with Crippen LogP contribution in [0.15, 0.2) is 30.5 Å². The molecule has 0 spiro atoms. The first-order valence-electron chi connectivity index (χ1n) is 4.99. The minimum atomic E-state index is 0.0389. The van der Waals surface area contributed by atoms with Crippen LogP contribution in [-0.4, -0.2) is 16.1 Å². The summed E-state index contributed by atoms with van der Waals surface area (Å²) in [5.41, 5.74) is 7.21. The van der Waals surface area contributed by atoms with E-state index in [2.05, 4.69) is 4.98 Å². The van der Waals surface area contributed by atoms with Gasteiger partial charge in [-0.25, -0.2) is 0 Å². The molecule has 15 heavy (non-hydrogen) atoms. The smallest absolute Gasteiger partial charge is 0.145 e. The summed E-state index contributed by atoms with van der Waals surface area (Å²) in [4.78, 5) is 4.16. The molecule has 1 heterocycles. The summed E-state index contributed by atoms with van der Waals surface area (Å²) in [5.74, 6) is 0.255. The van der Waals surface area contributed by atoms with Gasteiger partial charge in [-0.15, -0.1) is 0 Å². The zero-order chi connectivity index (χ0) is 10.8. The van der Waals surface area contributed by atoms with Gasteiger partial charge in [0.15, 0.2) is 0 Å². The Morgan fingerprint density at radius 3 is 2.93 bits per heavy atom. The van der Waals surface area contributed by atoms with Crippen molar-refractivity contribution < 1.29 is 5.11 Å². The van der Waals surface area contributed by atoms with Crippen molar-refractivity contribution >= 4 is 10.9 Å². The van der Waals surface area contributed by atoms with Crippen LogP contribution >= 0.6 is 0 Å². The van der Waals surface area contributed by atoms with Gasteiger partial charge in [0.05, 0.1) is 0 Å². The third-order valence-electron chi connectivity index (χ3n) is 2.37. The number of aromatic nitrogens is 1. The molecule has 3 N–H and O–H groups in total. The van der Waals surface area contributed by atoms with Crippen LogP contribution in [0.4, 0.5) is 0 Å². The molecular formula is C12H14N2O. The SMILES string of the molecule is CC(N)Cc1ccc2cccnc2c1O.